The van der Waals surface area contributed by atoms with Gasteiger partial charge >= 0.3 is 0 Å². The van der Waals surface area contributed by atoms with E-state index in [-0.39, 0.29) is 10.5 Å². The van der Waals surface area contributed by atoms with Gasteiger partial charge in [-0.2, -0.15) is 0 Å². The molecule has 1 aromatic rings. The van der Waals surface area contributed by atoms with E-state index >= 15 is 0 Å². The summed E-state index contributed by atoms with van der Waals surface area (Å²) in [5, 5.41) is 0.284. The van der Waals surface area contributed by atoms with Crippen LogP contribution in [0.2, 0.25) is 0 Å². The third-order valence-corrected chi connectivity index (χ3v) is 3.72. The number of thioether (sulfide) groups is 1. The third-order valence-electron chi connectivity index (χ3n) is 2.36. The molecular weight excluding hydrogens is 180 g/mol. The van der Waals surface area contributed by atoms with Crippen LogP contribution < -0.4 is 0 Å². The van der Waals surface area contributed by atoms with Gasteiger partial charge in [0.05, 0.1) is 0 Å². The Morgan fingerprint density at radius 3 is 2.77 bits per heavy atom. The first-order valence-electron chi connectivity index (χ1n) is 4.40. The van der Waals surface area contributed by atoms with Gasteiger partial charge in [-0.25, -0.2) is 0 Å². The Kier molecular flexibility index (Phi) is 1.95. The second-order valence-corrected chi connectivity index (χ2v) is 5.07. The minimum absolute atomic E-state index is 0.195. The maximum atomic E-state index is 11.6. The molecule has 0 saturated heterocycles. The molecule has 0 aliphatic carbocycles. The fourth-order valence-corrected chi connectivity index (χ4v) is 2.50. The van der Waals surface area contributed by atoms with Crippen molar-refractivity contribution in [2.24, 2.45) is 5.41 Å². The van der Waals surface area contributed by atoms with Crippen molar-refractivity contribution in [2.45, 2.75) is 25.2 Å². The Morgan fingerprint density at radius 2 is 2.00 bits per heavy atom. The molecule has 0 fully saturated rings. The van der Waals surface area contributed by atoms with Gasteiger partial charge in [0.15, 0.2) is 5.12 Å². The maximum Gasteiger partial charge on any atom is 0.199 e. The maximum absolute atomic E-state index is 11.6. The van der Waals surface area contributed by atoms with E-state index in [0.717, 1.165) is 11.3 Å². The van der Waals surface area contributed by atoms with Gasteiger partial charge in [-0.1, -0.05) is 43.8 Å². The molecule has 2 rings (SSSR count). The lowest BCUT2D eigenvalue weighted by Crippen LogP contribution is -2.27. The van der Waals surface area contributed by atoms with Gasteiger partial charge < -0.3 is 0 Å². The first kappa shape index (κ1) is 8.82. The van der Waals surface area contributed by atoms with Gasteiger partial charge in [-0.15, -0.1) is 0 Å². The summed E-state index contributed by atoms with van der Waals surface area (Å²) >= 11 is 1.38. The molecular formula is C11H12OS. The molecule has 0 saturated carbocycles. The predicted octanol–water partition coefficient (Wildman–Crippen LogP) is 2.89. The minimum atomic E-state index is -0.195. The highest BCUT2D eigenvalue weighted by Crippen LogP contribution is 2.40. The Bertz CT molecular complexity index is 355. The lowest BCUT2D eigenvalue weighted by atomic mass is 9.87. The second kappa shape index (κ2) is 2.88. The minimum Gasteiger partial charge on any atom is -0.286 e. The monoisotopic (exact) mass is 192 g/mol. The number of hydrogen-bond acceptors (Lipinski definition) is 2. The van der Waals surface area contributed by atoms with Crippen molar-refractivity contribution in [3.63, 3.8) is 0 Å². The Labute approximate surface area is 82.5 Å². The van der Waals surface area contributed by atoms with Crippen LogP contribution in [-0.4, -0.2) is 5.12 Å². The topological polar surface area (TPSA) is 17.1 Å². The fraction of sp³-hybridized carbons (Fsp3) is 0.364. The molecule has 0 amide bonds. The summed E-state index contributed by atoms with van der Waals surface area (Å²) in [6.45, 7) is 4.02. The molecule has 2 heteroatoms. The number of carbonyl (C=O) groups is 1. The molecule has 0 aromatic heterocycles. The lowest BCUT2D eigenvalue weighted by Gasteiger charge is -2.28. The van der Waals surface area contributed by atoms with Crippen LogP contribution in [0.15, 0.2) is 29.2 Å². The third kappa shape index (κ3) is 1.51. The van der Waals surface area contributed by atoms with E-state index in [1.165, 1.54) is 17.3 Å². The Hall–Kier alpha value is -0.760. The summed E-state index contributed by atoms with van der Waals surface area (Å²) in [6.07, 6.45) is 0.870. The average molecular weight is 192 g/mol. The van der Waals surface area contributed by atoms with Crippen LogP contribution in [0, 0.1) is 5.41 Å². The molecule has 0 atom stereocenters. The van der Waals surface area contributed by atoms with E-state index in [2.05, 4.69) is 6.07 Å². The summed E-state index contributed by atoms with van der Waals surface area (Å²) in [5.41, 5.74) is 1.11. The summed E-state index contributed by atoms with van der Waals surface area (Å²) in [6, 6.07) is 8.15. The van der Waals surface area contributed by atoms with Crippen LogP contribution in [0.3, 0.4) is 0 Å². The normalized spacial score (nSPS) is 19.7. The van der Waals surface area contributed by atoms with E-state index in [1.54, 1.807) is 0 Å². The van der Waals surface area contributed by atoms with E-state index in [4.69, 9.17) is 0 Å². The molecule has 0 unspecified atom stereocenters. The number of carbonyl (C=O) groups excluding carboxylic acids is 1. The number of rotatable bonds is 0. The summed E-state index contributed by atoms with van der Waals surface area (Å²) < 4.78 is 0. The molecule has 1 aromatic carbocycles. The van der Waals surface area contributed by atoms with Crippen LogP contribution in [0.5, 0.6) is 0 Å². The first-order chi connectivity index (χ1) is 6.09. The Morgan fingerprint density at radius 1 is 1.31 bits per heavy atom. The van der Waals surface area contributed by atoms with Crippen molar-refractivity contribution in [3.05, 3.63) is 29.8 Å². The van der Waals surface area contributed by atoms with Crippen LogP contribution in [0.4, 0.5) is 0 Å². The zero-order valence-electron chi connectivity index (χ0n) is 7.83. The smallest absolute Gasteiger partial charge is 0.199 e. The summed E-state index contributed by atoms with van der Waals surface area (Å²) in [5.74, 6) is 0. The molecule has 0 N–H and O–H groups in total. The molecule has 1 aliphatic rings. The zero-order chi connectivity index (χ0) is 9.47. The van der Waals surface area contributed by atoms with Crippen LogP contribution >= 0.6 is 11.8 Å². The van der Waals surface area contributed by atoms with E-state index in [0.29, 0.717) is 0 Å². The van der Waals surface area contributed by atoms with E-state index in [1.807, 2.05) is 32.0 Å². The summed E-state index contributed by atoms with van der Waals surface area (Å²) in [4.78, 5) is 12.8. The highest BCUT2D eigenvalue weighted by atomic mass is 32.2. The molecule has 0 radical (unpaired) electrons. The van der Waals surface area contributed by atoms with Crippen LogP contribution in [0.1, 0.15) is 19.4 Å². The second-order valence-electron chi connectivity index (χ2n) is 4.06. The van der Waals surface area contributed by atoms with Crippen molar-refractivity contribution in [2.75, 3.05) is 0 Å². The van der Waals surface area contributed by atoms with Gasteiger partial charge in [-0.3, -0.25) is 4.79 Å². The largest absolute Gasteiger partial charge is 0.286 e. The van der Waals surface area contributed by atoms with Gasteiger partial charge in [0, 0.05) is 10.3 Å². The number of fused-ring (bicyclic) bond motifs is 1. The predicted molar refractivity (Wildman–Crippen MR) is 54.8 cm³/mol. The van der Waals surface area contributed by atoms with E-state index in [9.17, 15) is 4.79 Å². The van der Waals surface area contributed by atoms with Crippen molar-refractivity contribution in [1.82, 2.24) is 0 Å². The van der Waals surface area contributed by atoms with Crippen LogP contribution in [0.25, 0.3) is 0 Å². The number of hydrogen-bond donors (Lipinski definition) is 0. The molecule has 1 heterocycles. The van der Waals surface area contributed by atoms with E-state index < -0.39 is 0 Å². The number of benzene rings is 1. The Balaban J connectivity index is 2.44. The van der Waals surface area contributed by atoms with Crippen LogP contribution in [-0.2, 0) is 11.2 Å². The fourth-order valence-electron chi connectivity index (χ4n) is 1.54. The van der Waals surface area contributed by atoms with Gasteiger partial charge in [0.25, 0.3) is 0 Å². The lowest BCUT2D eigenvalue weighted by molar-refractivity contribution is -0.118. The highest BCUT2D eigenvalue weighted by molar-refractivity contribution is 8.13. The van der Waals surface area contributed by atoms with Crippen molar-refractivity contribution in [3.8, 4) is 0 Å². The zero-order valence-corrected chi connectivity index (χ0v) is 8.65. The van der Waals surface area contributed by atoms with Crippen molar-refractivity contribution in [1.29, 1.82) is 0 Å². The SMILES string of the molecule is CC1(C)Cc2ccccc2SC1=O. The molecule has 0 bridgehead atoms. The molecule has 0 spiro atoms. The van der Waals surface area contributed by atoms with Crippen molar-refractivity contribution < 1.29 is 4.79 Å². The molecule has 68 valence electrons. The van der Waals surface area contributed by atoms with Gasteiger partial charge in [0.1, 0.15) is 0 Å². The highest BCUT2D eigenvalue weighted by Gasteiger charge is 2.33. The molecule has 1 aliphatic heterocycles. The van der Waals surface area contributed by atoms with Crippen molar-refractivity contribution >= 4 is 16.9 Å². The van der Waals surface area contributed by atoms with Gasteiger partial charge in [-0.05, 0) is 18.1 Å². The standard InChI is InChI=1S/C11H12OS/c1-11(2)7-8-5-3-4-6-9(8)13-10(11)12/h3-6H,7H2,1-2H3. The summed E-state index contributed by atoms with van der Waals surface area (Å²) in [7, 11) is 0. The molecule has 13 heavy (non-hydrogen) atoms. The first-order valence-corrected chi connectivity index (χ1v) is 5.21. The average Bonchev–Trinajstić information content (AvgIpc) is 2.06. The quantitative estimate of drug-likeness (QED) is 0.628. The molecule has 1 nitrogen and oxygen atoms in total. The van der Waals surface area contributed by atoms with Gasteiger partial charge in [0.2, 0.25) is 0 Å².